The predicted octanol–water partition coefficient (Wildman–Crippen LogP) is 1.90. The number of hydrogen-bond acceptors (Lipinski definition) is 4. The number of carbonyl (C=O) groups is 2. The van der Waals surface area contributed by atoms with E-state index in [1.807, 2.05) is 0 Å². The van der Waals surface area contributed by atoms with Gasteiger partial charge in [-0.15, -0.1) is 0 Å². The van der Waals surface area contributed by atoms with Crippen LogP contribution in [-0.2, 0) is 11.0 Å². The van der Waals surface area contributed by atoms with Crippen LogP contribution in [0.5, 0.6) is 0 Å². The zero-order valence-electron chi connectivity index (χ0n) is 16.2. The zero-order chi connectivity index (χ0) is 21.0. The van der Waals surface area contributed by atoms with Gasteiger partial charge < -0.3 is 16.4 Å². The van der Waals surface area contributed by atoms with Gasteiger partial charge in [0.05, 0.1) is 12.1 Å². The molecule has 2 fully saturated rings. The molecule has 3 rings (SSSR count). The molecule has 1 aromatic rings. The third-order valence-electron chi connectivity index (χ3n) is 5.70. The van der Waals surface area contributed by atoms with Gasteiger partial charge in [-0.2, -0.15) is 13.2 Å². The maximum Gasteiger partial charge on any atom is 0.416 e. The lowest BCUT2D eigenvalue weighted by Crippen LogP contribution is -2.50. The molecule has 4 N–H and O–H groups in total. The summed E-state index contributed by atoms with van der Waals surface area (Å²) in [6, 6.07) is 4.63. The minimum Gasteiger partial charge on any atom is -0.350 e. The van der Waals surface area contributed by atoms with Gasteiger partial charge in [-0.1, -0.05) is 18.9 Å². The number of nitrogens with one attached hydrogen (secondary N) is 2. The van der Waals surface area contributed by atoms with Crippen LogP contribution in [0.1, 0.15) is 48.0 Å². The second-order valence-electron chi connectivity index (χ2n) is 7.82. The van der Waals surface area contributed by atoms with Crippen molar-refractivity contribution in [3.8, 4) is 0 Å². The van der Waals surface area contributed by atoms with Crippen molar-refractivity contribution in [1.82, 2.24) is 15.5 Å². The Hall–Kier alpha value is -2.13. The van der Waals surface area contributed by atoms with Crippen molar-refractivity contribution >= 4 is 11.8 Å². The Bertz CT molecular complexity index is 741. The van der Waals surface area contributed by atoms with Gasteiger partial charge in [0.15, 0.2) is 0 Å². The normalized spacial score (nSPS) is 25.6. The number of likely N-dealkylation sites (tertiary alicyclic amines) is 1. The number of amides is 2. The second kappa shape index (κ2) is 9.13. The van der Waals surface area contributed by atoms with Crippen molar-refractivity contribution in [2.75, 3.05) is 19.6 Å². The van der Waals surface area contributed by atoms with E-state index in [1.165, 1.54) is 18.6 Å². The maximum atomic E-state index is 12.8. The summed E-state index contributed by atoms with van der Waals surface area (Å²) >= 11 is 0. The van der Waals surface area contributed by atoms with E-state index in [1.54, 1.807) is 0 Å². The van der Waals surface area contributed by atoms with Crippen LogP contribution in [0.2, 0.25) is 0 Å². The highest BCUT2D eigenvalue weighted by molar-refractivity contribution is 5.96. The Kier molecular flexibility index (Phi) is 6.79. The number of rotatable bonds is 5. The average Bonchev–Trinajstić information content (AvgIpc) is 3.14. The summed E-state index contributed by atoms with van der Waals surface area (Å²) in [4.78, 5) is 26.6. The van der Waals surface area contributed by atoms with E-state index < -0.39 is 17.6 Å². The predicted molar refractivity (Wildman–Crippen MR) is 102 cm³/mol. The van der Waals surface area contributed by atoms with E-state index in [-0.39, 0.29) is 30.1 Å². The molecule has 2 amide bonds. The van der Waals surface area contributed by atoms with E-state index in [4.69, 9.17) is 5.73 Å². The first-order valence-corrected chi connectivity index (χ1v) is 9.98. The minimum absolute atomic E-state index is 0.0120. The van der Waals surface area contributed by atoms with Crippen molar-refractivity contribution in [3.05, 3.63) is 35.4 Å². The standard InChI is InChI=1S/C20H27F3N4O2/c21-20(22,23)14-5-3-4-13(10-14)19(29)25-11-18(28)26-15-8-9-27(12-15)17-7-2-1-6-16(17)24/h3-5,10,15-17H,1-2,6-9,11-12,24H2,(H,25,29)(H,26,28)/t15?,16-,17?/m1/s1. The molecule has 0 bridgehead atoms. The molecule has 1 aliphatic heterocycles. The molecule has 160 valence electrons. The SMILES string of the molecule is N[C@@H]1CCCCC1N1CCC(NC(=O)CNC(=O)c2cccc(C(F)(F)F)c2)C1. The first-order chi connectivity index (χ1) is 13.7. The summed E-state index contributed by atoms with van der Waals surface area (Å²) in [5.41, 5.74) is 5.20. The van der Waals surface area contributed by atoms with E-state index in [0.717, 1.165) is 50.9 Å². The molecule has 1 heterocycles. The first-order valence-electron chi connectivity index (χ1n) is 9.98. The lowest BCUT2D eigenvalue weighted by molar-refractivity contribution is -0.137. The highest BCUT2D eigenvalue weighted by Crippen LogP contribution is 2.29. The molecular weight excluding hydrogens is 385 g/mol. The summed E-state index contributed by atoms with van der Waals surface area (Å²) in [6.45, 7) is 1.32. The van der Waals surface area contributed by atoms with Crippen LogP contribution >= 0.6 is 0 Å². The third kappa shape index (κ3) is 5.70. The molecule has 1 saturated heterocycles. The van der Waals surface area contributed by atoms with Crippen LogP contribution < -0.4 is 16.4 Å². The molecule has 0 aromatic heterocycles. The maximum absolute atomic E-state index is 12.8. The quantitative estimate of drug-likeness (QED) is 0.689. The first kappa shape index (κ1) is 21.6. The van der Waals surface area contributed by atoms with E-state index >= 15 is 0 Å². The van der Waals surface area contributed by atoms with Gasteiger partial charge in [0, 0.05) is 36.8 Å². The Labute approximate surface area is 168 Å². The van der Waals surface area contributed by atoms with Gasteiger partial charge in [0.2, 0.25) is 5.91 Å². The van der Waals surface area contributed by atoms with Gasteiger partial charge >= 0.3 is 6.18 Å². The van der Waals surface area contributed by atoms with Gasteiger partial charge in [-0.3, -0.25) is 14.5 Å². The molecule has 2 unspecified atom stereocenters. The smallest absolute Gasteiger partial charge is 0.350 e. The van der Waals surface area contributed by atoms with Crippen LogP contribution in [0, 0.1) is 0 Å². The summed E-state index contributed by atoms with van der Waals surface area (Å²) in [6.07, 6.45) is 0.735. The molecule has 1 saturated carbocycles. The Morgan fingerprint density at radius 1 is 1.17 bits per heavy atom. The van der Waals surface area contributed by atoms with Crippen LogP contribution in [0.15, 0.2) is 24.3 Å². The Morgan fingerprint density at radius 2 is 1.93 bits per heavy atom. The fraction of sp³-hybridized carbons (Fsp3) is 0.600. The van der Waals surface area contributed by atoms with Gasteiger partial charge in [0.25, 0.3) is 5.91 Å². The summed E-state index contributed by atoms with van der Waals surface area (Å²) in [5, 5.41) is 5.27. The molecule has 0 spiro atoms. The van der Waals surface area contributed by atoms with Gasteiger partial charge in [-0.05, 0) is 37.5 Å². The topological polar surface area (TPSA) is 87.5 Å². The number of nitrogens with two attached hydrogens (primary N) is 1. The number of hydrogen-bond donors (Lipinski definition) is 3. The lowest BCUT2D eigenvalue weighted by atomic mass is 9.90. The van der Waals surface area contributed by atoms with Crippen molar-refractivity contribution < 1.29 is 22.8 Å². The summed E-state index contributed by atoms with van der Waals surface area (Å²) in [7, 11) is 0. The second-order valence-corrected chi connectivity index (χ2v) is 7.82. The molecule has 29 heavy (non-hydrogen) atoms. The summed E-state index contributed by atoms with van der Waals surface area (Å²) in [5.74, 6) is -1.07. The zero-order valence-corrected chi connectivity index (χ0v) is 16.2. The van der Waals surface area contributed by atoms with Crippen LogP contribution in [-0.4, -0.2) is 54.5 Å². The molecule has 9 heteroatoms. The van der Waals surface area contributed by atoms with Gasteiger partial charge in [0.1, 0.15) is 0 Å². The highest BCUT2D eigenvalue weighted by Gasteiger charge is 2.33. The van der Waals surface area contributed by atoms with E-state index in [2.05, 4.69) is 15.5 Å². The third-order valence-corrected chi connectivity index (χ3v) is 5.70. The molecule has 2 aliphatic rings. The lowest BCUT2D eigenvalue weighted by Gasteiger charge is -2.36. The van der Waals surface area contributed by atoms with Crippen LogP contribution in [0.3, 0.4) is 0 Å². The molecule has 6 nitrogen and oxygen atoms in total. The van der Waals surface area contributed by atoms with Gasteiger partial charge in [-0.25, -0.2) is 0 Å². The number of nitrogens with zero attached hydrogens (tertiary/aromatic N) is 1. The molecule has 1 aromatic carbocycles. The van der Waals surface area contributed by atoms with E-state index in [0.29, 0.717) is 6.04 Å². The number of carbonyl (C=O) groups excluding carboxylic acids is 2. The van der Waals surface area contributed by atoms with Crippen LogP contribution in [0.25, 0.3) is 0 Å². The summed E-state index contributed by atoms with van der Waals surface area (Å²) < 4.78 is 38.3. The highest BCUT2D eigenvalue weighted by atomic mass is 19.4. The van der Waals surface area contributed by atoms with Crippen molar-refractivity contribution in [3.63, 3.8) is 0 Å². The van der Waals surface area contributed by atoms with Crippen molar-refractivity contribution in [2.24, 2.45) is 5.73 Å². The fourth-order valence-electron chi connectivity index (χ4n) is 4.18. The molecular formula is C20H27F3N4O2. The Morgan fingerprint density at radius 3 is 2.66 bits per heavy atom. The molecule has 1 aliphatic carbocycles. The molecule has 3 atom stereocenters. The fourth-order valence-corrected chi connectivity index (χ4v) is 4.18. The number of halogens is 3. The molecule has 0 radical (unpaired) electrons. The minimum atomic E-state index is -4.52. The van der Waals surface area contributed by atoms with E-state index in [9.17, 15) is 22.8 Å². The van der Waals surface area contributed by atoms with Crippen molar-refractivity contribution in [1.29, 1.82) is 0 Å². The number of benzene rings is 1. The van der Waals surface area contributed by atoms with Crippen molar-refractivity contribution in [2.45, 2.75) is 56.4 Å². The Balaban J connectivity index is 1.45. The van der Waals surface area contributed by atoms with Crippen LogP contribution in [0.4, 0.5) is 13.2 Å². The largest absolute Gasteiger partial charge is 0.416 e. The average molecular weight is 412 g/mol. The number of alkyl halides is 3. The monoisotopic (exact) mass is 412 g/mol.